The lowest BCUT2D eigenvalue weighted by Crippen LogP contribution is -2.02. The van der Waals surface area contributed by atoms with E-state index in [9.17, 15) is 10.1 Å². The van der Waals surface area contributed by atoms with Crippen molar-refractivity contribution < 1.29 is 14.4 Å². The normalized spacial score (nSPS) is 10.1. The van der Waals surface area contributed by atoms with Gasteiger partial charge in [-0.2, -0.15) is 0 Å². The van der Waals surface area contributed by atoms with Crippen LogP contribution >= 0.6 is 35.4 Å². The van der Waals surface area contributed by atoms with Gasteiger partial charge in [-0.05, 0) is 36.5 Å². The van der Waals surface area contributed by atoms with E-state index >= 15 is 0 Å². The number of ether oxygens (including phenoxy) is 2. The average molecular weight is 358 g/mol. The summed E-state index contributed by atoms with van der Waals surface area (Å²) < 4.78 is 10.7. The summed E-state index contributed by atoms with van der Waals surface area (Å²) in [5.41, 5.74) is 0.126. The summed E-state index contributed by atoms with van der Waals surface area (Å²) in [4.78, 5) is 10.3. The number of para-hydroxylation sites is 1. The van der Waals surface area contributed by atoms with Gasteiger partial charge in [0.1, 0.15) is 10.8 Å². The summed E-state index contributed by atoms with van der Waals surface area (Å²) in [5, 5.41) is 11.0. The second kappa shape index (κ2) is 6.91. The first-order valence-corrected chi connectivity index (χ1v) is 7.09. The summed E-state index contributed by atoms with van der Waals surface area (Å²) in [6.45, 7) is 0. The Bertz CT molecular complexity index is 752. The molecule has 0 heterocycles. The minimum atomic E-state index is -0.663. The van der Waals surface area contributed by atoms with Crippen molar-refractivity contribution in [2.45, 2.75) is 0 Å². The van der Waals surface area contributed by atoms with E-state index in [-0.39, 0.29) is 20.8 Å². The molecule has 0 bridgehead atoms. The first-order chi connectivity index (χ1) is 10.5. The highest BCUT2D eigenvalue weighted by atomic mass is 35.5. The van der Waals surface area contributed by atoms with Gasteiger partial charge in [0.15, 0.2) is 15.8 Å². The first-order valence-electron chi connectivity index (χ1n) is 5.93. The second-order valence-corrected chi connectivity index (χ2v) is 5.21. The van der Waals surface area contributed by atoms with Crippen LogP contribution in [-0.4, -0.2) is 17.1 Å². The van der Waals surface area contributed by atoms with Gasteiger partial charge >= 0.3 is 5.69 Å². The van der Waals surface area contributed by atoms with E-state index < -0.39 is 10.6 Å². The molecular formula is C14H9Cl2NO4S. The van der Waals surface area contributed by atoms with E-state index in [0.29, 0.717) is 11.3 Å². The predicted molar refractivity (Wildman–Crippen MR) is 88.3 cm³/mol. The number of thiocarbonyl (C=S) groups is 1. The van der Waals surface area contributed by atoms with Gasteiger partial charge in [0.25, 0.3) is 0 Å². The molecule has 0 aliphatic rings. The van der Waals surface area contributed by atoms with Gasteiger partial charge < -0.3 is 9.47 Å². The van der Waals surface area contributed by atoms with Crippen LogP contribution in [0.15, 0.2) is 36.4 Å². The zero-order chi connectivity index (χ0) is 16.3. The fourth-order valence-corrected chi connectivity index (χ4v) is 2.44. The smallest absolute Gasteiger partial charge is 0.310 e. The monoisotopic (exact) mass is 357 g/mol. The van der Waals surface area contributed by atoms with Crippen molar-refractivity contribution in [1.82, 2.24) is 0 Å². The van der Waals surface area contributed by atoms with Gasteiger partial charge in [0.2, 0.25) is 0 Å². The van der Waals surface area contributed by atoms with Crippen molar-refractivity contribution in [3.63, 3.8) is 0 Å². The molecule has 0 radical (unpaired) electrons. The van der Waals surface area contributed by atoms with Crippen LogP contribution in [0.3, 0.4) is 0 Å². The molecular weight excluding hydrogens is 349 g/mol. The van der Waals surface area contributed by atoms with Crippen molar-refractivity contribution in [2.24, 2.45) is 0 Å². The highest BCUT2D eigenvalue weighted by molar-refractivity contribution is 7.80. The van der Waals surface area contributed by atoms with Crippen LogP contribution in [0.1, 0.15) is 5.56 Å². The molecule has 0 atom stereocenters. The number of halogens is 2. The van der Waals surface area contributed by atoms with Crippen LogP contribution in [0.25, 0.3) is 0 Å². The summed E-state index contributed by atoms with van der Waals surface area (Å²) in [6, 6.07) is 9.65. The third kappa shape index (κ3) is 3.30. The first kappa shape index (κ1) is 16.5. The van der Waals surface area contributed by atoms with Crippen molar-refractivity contribution in [3.05, 3.63) is 62.1 Å². The van der Waals surface area contributed by atoms with Crippen molar-refractivity contribution in [2.75, 3.05) is 7.11 Å². The molecule has 8 heteroatoms. The van der Waals surface area contributed by atoms with Gasteiger partial charge in [-0.25, -0.2) is 0 Å². The molecule has 0 spiro atoms. The molecule has 2 aromatic carbocycles. The Kier molecular flexibility index (Phi) is 5.18. The Hall–Kier alpha value is -1.89. The Morgan fingerprint density at radius 1 is 1.18 bits per heavy atom. The Labute approximate surface area is 141 Å². The highest BCUT2D eigenvalue weighted by Crippen LogP contribution is 2.41. The highest BCUT2D eigenvalue weighted by Gasteiger charge is 2.23. The van der Waals surface area contributed by atoms with Crippen LogP contribution < -0.4 is 4.74 Å². The van der Waals surface area contributed by atoms with Gasteiger partial charge in [0, 0.05) is 0 Å². The van der Waals surface area contributed by atoms with Crippen molar-refractivity contribution in [3.8, 4) is 11.5 Å². The van der Waals surface area contributed by atoms with E-state index in [1.807, 2.05) is 0 Å². The summed E-state index contributed by atoms with van der Waals surface area (Å²) in [7, 11) is 1.44. The maximum absolute atomic E-state index is 11.0. The molecule has 0 N–H and O–H groups in total. The van der Waals surface area contributed by atoms with Crippen LogP contribution in [0, 0.1) is 10.1 Å². The van der Waals surface area contributed by atoms with Crippen LogP contribution in [0.4, 0.5) is 5.69 Å². The average Bonchev–Trinajstić information content (AvgIpc) is 2.49. The molecule has 114 valence electrons. The van der Waals surface area contributed by atoms with E-state index in [2.05, 4.69) is 0 Å². The maximum Gasteiger partial charge on any atom is 0.310 e. The van der Waals surface area contributed by atoms with Gasteiger partial charge in [0.05, 0.1) is 17.6 Å². The molecule has 0 aliphatic carbocycles. The molecule has 0 saturated carbocycles. The zero-order valence-corrected chi connectivity index (χ0v) is 13.5. The fourth-order valence-electron chi connectivity index (χ4n) is 1.72. The van der Waals surface area contributed by atoms with Gasteiger partial charge in [-0.15, -0.1) is 0 Å². The van der Waals surface area contributed by atoms with E-state index in [1.165, 1.54) is 19.2 Å². The van der Waals surface area contributed by atoms with E-state index in [0.717, 1.165) is 0 Å². The standard InChI is InChI=1S/C14H9Cl2NO4S/c1-20-14(22)8-4-2-3-5-10(8)21-11-7-6-9(15)13(12(11)16)17(18)19/h2-7H,1H3. The fraction of sp³-hybridized carbons (Fsp3) is 0.0714. The summed E-state index contributed by atoms with van der Waals surface area (Å²) in [6.07, 6.45) is 0. The molecule has 0 aromatic heterocycles. The number of nitro benzene ring substituents is 1. The zero-order valence-electron chi connectivity index (χ0n) is 11.2. The minimum Gasteiger partial charge on any atom is -0.486 e. The van der Waals surface area contributed by atoms with Gasteiger partial charge in [-0.3, -0.25) is 10.1 Å². The van der Waals surface area contributed by atoms with Gasteiger partial charge in [-0.1, -0.05) is 35.3 Å². The van der Waals surface area contributed by atoms with Crippen LogP contribution in [-0.2, 0) is 4.74 Å². The largest absolute Gasteiger partial charge is 0.486 e. The number of nitro groups is 1. The maximum atomic E-state index is 11.0. The Morgan fingerprint density at radius 3 is 2.50 bits per heavy atom. The third-order valence-electron chi connectivity index (χ3n) is 2.73. The summed E-state index contributed by atoms with van der Waals surface area (Å²) >= 11 is 16.9. The van der Waals surface area contributed by atoms with Crippen molar-refractivity contribution in [1.29, 1.82) is 0 Å². The number of hydrogen-bond acceptors (Lipinski definition) is 5. The molecule has 5 nitrogen and oxygen atoms in total. The number of benzene rings is 2. The molecule has 0 unspecified atom stereocenters. The molecule has 0 fully saturated rings. The molecule has 22 heavy (non-hydrogen) atoms. The SMILES string of the molecule is COC(=S)c1ccccc1Oc1ccc(Cl)c([N+](=O)[O-])c1Cl. The number of methoxy groups -OCH3 is 1. The van der Waals surface area contributed by atoms with Crippen LogP contribution in [0.5, 0.6) is 11.5 Å². The molecule has 2 rings (SSSR count). The summed E-state index contributed by atoms with van der Waals surface area (Å²) in [5.74, 6) is 0.469. The molecule has 2 aromatic rings. The number of nitrogens with zero attached hydrogens (tertiary/aromatic N) is 1. The lowest BCUT2D eigenvalue weighted by Gasteiger charge is -2.12. The molecule has 0 aliphatic heterocycles. The minimum absolute atomic E-state index is 0.0666. The predicted octanol–water partition coefficient (Wildman–Crippen LogP) is 5.02. The van der Waals surface area contributed by atoms with E-state index in [1.54, 1.807) is 24.3 Å². The third-order valence-corrected chi connectivity index (χ3v) is 3.78. The molecule has 0 saturated heterocycles. The quantitative estimate of drug-likeness (QED) is 0.436. The lowest BCUT2D eigenvalue weighted by molar-refractivity contribution is -0.384. The number of rotatable bonds is 4. The van der Waals surface area contributed by atoms with E-state index in [4.69, 9.17) is 44.9 Å². The topological polar surface area (TPSA) is 61.6 Å². The Balaban J connectivity index is 2.47. The van der Waals surface area contributed by atoms with Crippen LogP contribution in [0.2, 0.25) is 10.0 Å². The second-order valence-electron chi connectivity index (χ2n) is 4.06. The van der Waals surface area contributed by atoms with Crippen molar-refractivity contribution >= 4 is 46.2 Å². The molecule has 0 amide bonds. The lowest BCUT2D eigenvalue weighted by atomic mass is 10.2. The number of hydrogen-bond donors (Lipinski definition) is 0. The Morgan fingerprint density at radius 2 is 1.86 bits per heavy atom.